The number of carbonyl (C=O) groups is 1. The minimum Gasteiger partial charge on any atom is -0.366 e. The zero-order chi connectivity index (χ0) is 14.4. The molecule has 1 aliphatic heterocycles. The maximum Gasteiger partial charge on any atom is 0.269 e. The summed E-state index contributed by atoms with van der Waals surface area (Å²) in [7, 11) is 0. The second-order valence-corrected chi connectivity index (χ2v) is 4.53. The van der Waals surface area contributed by atoms with Crippen molar-refractivity contribution in [1.82, 2.24) is 10.6 Å². The summed E-state index contributed by atoms with van der Waals surface area (Å²) in [5.41, 5.74) is 1.01. The Morgan fingerprint density at radius 2 is 2.14 bits per heavy atom. The summed E-state index contributed by atoms with van der Waals surface area (Å²) in [5, 5.41) is 16.4. The molecule has 1 fully saturated rings. The molecule has 0 spiro atoms. The molecular weight excluding hydrogens is 298 g/mol. The van der Waals surface area contributed by atoms with Gasteiger partial charge in [0.05, 0.1) is 11.5 Å². The van der Waals surface area contributed by atoms with E-state index in [1.165, 1.54) is 12.1 Å². The van der Waals surface area contributed by atoms with Gasteiger partial charge in [0.15, 0.2) is 0 Å². The number of amides is 1. The van der Waals surface area contributed by atoms with Gasteiger partial charge in [-0.25, -0.2) is 0 Å². The van der Waals surface area contributed by atoms with Gasteiger partial charge in [0.1, 0.15) is 6.10 Å². The molecule has 1 saturated heterocycles. The predicted octanol–water partition coefficient (Wildman–Crippen LogP) is 0.664. The highest BCUT2D eigenvalue weighted by Crippen LogP contribution is 2.11. The summed E-state index contributed by atoms with van der Waals surface area (Å²) in [6.07, 6.45) is 0.199. The minimum absolute atomic E-state index is 0. The predicted molar refractivity (Wildman–Crippen MR) is 79.7 cm³/mol. The molecule has 1 aliphatic rings. The van der Waals surface area contributed by atoms with Crippen molar-refractivity contribution in [3.63, 3.8) is 0 Å². The number of nitrogens with one attached hydrogen (secondary N) is 2. The van der Waals surface area contributed by atoms with E-state index in [1.54, 1.807) is 12.1 Å². The molecule has 0 aromatic heterocycles. The number of nitro benzene ring substituents is 1. The van der Waals surface area contributed by atoms with Gasteiger partial charge in [0.25, 0.3) is 5.69 Å². The summed E-state index contributed by atoms with van der Waals surface area (Å²) in [5.74, 6) is -0.126. The molecule has 7 nitrogen and oxygen atoms in total. The number of morpholine rings is 1. The largest absolute Gasteiger partial charge is 0.366 e. The van der Waals surface area contributed by atoms with Crippen LogP contribution < -0.4 is 10.6 Å². The van der Waals surface area contributed by atoms with Crippen LogP contribution in [-0.4, -0.2) is 43.2 Å². The molecule has 1 amide bonds. The number of nitrogens with zero attached hydrogens (tertiary/aromatic N) is 1. The molecule has 0 aliphatic carbocycles. The first kappa shape index (κ1) is 17.4. The van der Waals surface area contributed by atoms with E-state index in [4.69, 9.17) is 4.74 Å². The van der Waals surface area contributed by atoms with Crippen LogP contribution in [0.4, 0.5) is 5.69 Å². The highest BCUT2D eigenvalue weighted by molar-refractivity contribution is 5.85. The standard InChI is InChI=1S/C13H17N3O4.ClH/c17-13(12-9-14-7-8-20-12)15-6-5-10-1-3-11(4-2-10)16(18)19;/h1-4,12,14H,5-9H2,(H,15,17);1H. The van der Waals surface area contributed by atoms with Gasteiger partial charge in [0.2, 0.25) is 5.91 Å². The molecule has 1 atom stereocenters. The third-order valence-electron chi connectivity index (χ3n) is 3.08. The zero-order valence-electron chi connectivity index (χ0n) is 11.4. The van der Waals surface area contributed by atoms with Crippen LogP contribution in [0.1, 0.15) is 5.56 Å². The fourth-order valence-electron chi connectivity index (χ4n) is 1.96. The second kappa shape index (κ2) is 8.56. The van der Waals surface area contributed by atoms with E-state index in [0.717, 1.165) is 12.1 Å². The number of rotatable bonds is 5. The lowest BCUT2D eigenvalue weighted by atomic mass is 10.1. The van der Waals surface area contributed by atoms with E-state index >= 15 is 0 Å². The SMILES string of the molecule is Cl.O=C(NCCc1ccc([N+](=O)[O-])cc1)C1CNCCO1. The molecule has 1 aromatic carbocycles. The molecular formula is C13H18ClN3O4. The van der Waals surface area contributed by atoms with Gasteiger partial charge in [0, 0.05) is 31.8 Å². The maximum absolute atomic E-state index is 11.8. The first-order valence-electron chi connectivity index (χ1n) is 6.50. The van der Waals surface area contributed by atoms with Crippen LogP contribution in [-0.2, 0) is 16.0 Å². The monoisotopic (exact) mass is 315 g/mol. The Morgan fingerprint density at radius 3 is 2.71 bits per heavy atom. The zero-order valence-corrected chi connectivity index (χ0v) is 12.2. The molecule has 21 heavy (non-hydrogen) atoms. The van der Waals surface area contributed by atoms with E-state index < -0.39 is 11.0 Å². The molecule has 2 N–H and O–H groups in total. The van der Waals surface area contributed by atoms with E-state index in [2.05, 4.69) is 10.6 Å². The Balaban J connectivity index is 0.00000220. The molecule has 8 heteroatoms. The summed E-state index contributed by atoms with van der Waals surface area (Å²) in [4.78, 5) is 21.9. The third kappa shape index (κ3) is 5.30. The molecule has 1 heterocycles. The third-order valence-corrected chi connectivity index (χ3v) is 3.08. The van der Waals surface area contributed by atoms with Gasteiger partial charge in [-0.05, 0) is 12.0 Å². The van der Waals surface area contributed by atoms with Crippen LogP contribution in [0, 0.1) is 10.1 Å². The summed E-state index contributed by atoms with van der Waals surface area (Å²) in [6.45, 7) is 2.33. The van der Waals surface area contributed by atoms with E-state index in [-0.39, 0.29) is 24.0 Å². The Bertz CT molecular complexity index is 475. The van der Waals surface area contributed by atoms with Crippen LogP contribution in [0.5, 0.6) is 0 Å². The lowest BCUT2D eigenvalue weighted by Gasteiger charge is -2.22. The van der Waals surface area contributed by atoms with Crippen LogP contribution >= 0.6 is 12.4 Å². The molecule has 0 radical (unpaired) electrons. The maximum atomic E-state index is 11.8. The topological polar surface area (TPSA) is 93.5 Å². The average Bonchev–Trinajstić information content (AvgIpc) is 2.48. The van der Waals surface area contributed by atoms with Gasteiger partial charge < -0.3 is 15.4 Å². The Labute approximate surface area is 128 Å². The fraction of sp³-hybridized carbons (Fsp3) is 0.462. The van der Waals surface area contributed by atoms with E-state index in [0.29, 0.717) is 26.1 Å². The quantitative estimate of drug-likeness (QED) is 0.615. The van der Waals surface area contributed by atoms with Gasteiger partial charge >= 0.3 is 0 Å². The van der Waals surface area contributed by atoms with Crippen LogP contribution in [0.15, 0.2) is 24.3 Å². The smallest absolute Gasteiger partial charge is 0.269 e. The van der Waals surface area contributed by atoms with Crippen LogP contribution in [0.3, 0.4) is 0 Å². The first-order chi connectivity index (χ1) is 9.66. The summed E-state index contributed by atoms with van der Waals surface area (Å²) in [6, 6.07) is 6.32. The van der Waals surface area contributed by atoms with E-state index in [1.807, 2.05) is 0 Å². The van der Waals surface area contributed by atoms with Crippen molar-refractivity contribution in [3.05, 3.63) is 39.9 Å². The van der Waals surface area contributed by atoms with Gasteiger partial charge in [-0.1, -0.05) is 12.1 Å². The van der Waals surface area contributed by atoms with Crippen molar-refractivity contribution in [2.75, 3.05) is 26.2 Å². The lowest BCUT2D eigenvalue weighted by Crippen LogP contribution is -2.48. The normalized spacial score (nSPS) is 17.6. The summed E-state index contributed by atoms with van der Waals surface area (Å²) < 4.78 is 5.34. The molecule has 116 valence electrons. The lowest BCUT2D eigenvalue weighted by molar-refractivity contribution is -0.384. The highest BCUT2D eigenvalue weighted by atomic mass is 35.5. The van der Waals surface area contributed by atoms with E-state index in [9.17, 15) is 14.9 Å². The van der Waals surface area contributed by atoms with Crippen molar-refractivity contribution in [3.8, 4) is 0 Å². The van der Waals surface area contributed by atoms with Crippen molar-refractivity contribution in [1.29, 1.82) is 0 Å². The number of ether oxygens (including phenoxy) is 1. The molecule has 0 saturated carbocycles. The number of hydrogen-bond donors (Lipinski definition) is 2. The van der Waals surface area contributed by atoms with Gasteiger partial charge in [-0.3, -0.25) is 14.9 Å². The minimum atomic E-state index is -0.432. The average molecular weight is 316 g/mol. The first-order valence-corrected chi connectivity index (χ1v) is 6.50. The van der Waals surface area contributed by atoms with Crippen molar-refractivity contribution < 1.29 is 14.5 Å². The number of carbonyl (C=O) groups excluding carboxylic acids is 1. The van der Waals surface area contributed by atoms with Crippen LogP contribution in [0.25, 0.3) is 0 Å². The molecule has 2 rings (SSSR count). The Morgan fingerprint density at radius 1 is 1.43 bits per heavy atom. The summed E-state index contributed by atoms with van der Waals surface area (Å²) >= 11 is 0. The van der Waals surface area contributed by atoms with Crippen molar-refractivity contribution in [2.45, 2.75) is 12.5 Å². The highest BCUT2D eigenvalue weighted by Gasteiger charge is 2.20. The fourth-order valence-corrected chi connectivity index (χ4v) is 1.96. The van der Waals surface area contributed by atoms with Crippen molar-refractivity contribution in [2.24, 2.45) is 0 Å². The molecule has 0 bridgehead atoms. The van der Waals surface area contributed by atoms with Crippen LogP contribution in [0.2, 0.25) is 0 Å². The number of hydrogen-bond acceptors (Lipinski definition) is 5. The Hall–Kier alpha value is -1.70. The van der Waals surface area contributed by atoms with Gasteiger partial charge in [-0.15, -0.1) is 12.4 Å². The number of benzene rings is 1. The molecule has 1 aromatic rings. The number of halogens is 1. The second-order valence-electron chi connectivity index (χ2n) is 4.53. The molecule has 1 unspecified atom stereocenters. The van der Waals surface area contributed by atoms with Crippen molar-refractivity contribution >= 4 is 24.0 Å². The number of nitro groups is 1. The number of non-ortho nitro benzene ring substituents is 1. The Kier molecular flexibility index (Phi) is 7.07. The van der Waals surface area contributed by atoms with Gasteiger partial charge in [-0.2, -0.15) is 0 Å².